The molecule has 1 aromatic rings. The molecule has 0 aromatic heterocycles. The van der Waals surface area contributed by atoms with Crippen LogP contribution in [0.15, 0.2) is 18.2 Å². The van der Waals surface area contributed by atoms with Gasteiger partial charge in [-0.15, -0.1) is 0 Å². The lowest BCUT2D eigenvalue weighted by Gasteiger charge is -2.24. The SMILES string of the molecule is COC(=O)c1ccc2c(c1)[C@@H](CC(=O)O)CCC2. The highest BCUT2D eigenvalue weighted by Gasteiger charge is 2.23. The van der Waals surface area contributed by atoms with Crippen LogP contribution in [0.1, 0.15) is 46.7 Å². The summed E-state index contributed by atoms with van der Waals surface area (Å²) in [6.45, 7) is 0. The summed E-state index contributed by atoms with van der Waals surface area (Å²) in [4.78, 5) is 22.4. The number of aryl methyl sites for hydroxylation is 1. The Labute approximate surface area is 106 Å². The monoisotopic (exact) mass is 248 g/mol. The molecule has 0 bridgehead atoms. The van der Waals surface area contributed by atoms with Gasteiger partial charge in [0.1, 0.15) is 0 Å². The molecule has 0 unspecified atom stereocenters. The lowest BCUT2D eigenvalue weighted by molar-refractivity contribution is -0.137. The number of rotatable bonds is 3. The highest BCUT2D eigenvalue weighted by Crippen LogP contribution is 2.34. The molecule has 0 fully saturated rings. The molecule has 1 aliphatic carbocycles. The molecule has 1 aromatic carbocycles. The van der Waals surface area contributed by atoms with Crippen LogP contribution in [0.25, 0.3) is 0 Å². The fourth-order valence-electron chi connectivity index (χ4n) is 2.56. The molecule has 0 heterocycles. The number of methoxy groups -OCH3 is 1. The van der Waals surface area contributed by atoms with E-state index in [9.17, 15) is 9.59 Å². The van der Waals surface area contributed by atoms with Crippen LogP contribution in [0.2, 0.25) is 0 Å². The Bertz CT molecular complexity index is 479. The number of carbonyl (C=O) groups is 2. The number of hydrogen-bond donors (Lipinski definition) is 1. The molecule has 96 valence electrons. The van der Waals surface area contributed by atoms with E-state index in [1.165, 1.54) is 7.11 Å². The van der Waals surface area contributed by atoms with E-state index in [4.69, 9.17) is 5.11 Å². The summed E-state index contributed by atoms with van der Waals surface area (Å²) in [5, 5.41) is 8.92. The Morgan fingerprint density at radius 1 is 1.44 bits per heavy atom. The molecule has 1 atom stereocenters. The summed E-state index contributed by atoms with van der Waals surface area (Å²) >= 11 is 0. The van der Waals surface area contributed by atoms with Crippen molar-refractivity contribution in [1.29, 1.82) is 0 Å². The Morgan fingerprint density at radius 2 is 2.22 bits per heavy atom. The van der Waals surface area contributed by atoms with Crippen LogP contribution in [-0.4, -0.2) is 24.2 Å². The number of aliphatic carboxylic acids is 1. The van der Waals surface area contributed by atoms with Gasteiger partial charge in [-0.25, -0.2) is 4.79 Å². The van der Waals surface area contributed by atoms with E-state index in [0.717, 1.165) is 30.4 Å². The zero-order chi connectivity index (χ0) is 13.1. The average Bonchev–Trinajstić information content (AvgIpc) is 2.37. The standard InChI is InChI=1S/C14H16O4/c1-18-14(17)11-6-5-9-3-2-4-10(8-13(15)16)12(9)7-11/h5-7,10H,2-4,8H2,1H3,(H,15,16)/t10-/m1/s1. The maximum Gasteiger partial charge on any atom is 0.337 e. The van der Waals surface area contributed by atoms with E-state index >= 15 is 0 Å². The largest absolute Gasteiger partial charge is 0.481 e. The second kappa shape index (κ2) is 5.21. The van der Waals surface area contributed by atoms with Gasteiger partial charge in [0.25, 0.3) is 0 Å². The van der Waals surface area contributed by atoms with E-state index < -0.39 is 5.97 Å². The Morgan fingerprint density at radius 3 is 2.89 bits per heavy atom. The van der Waals surface area contributed by atoms with Gasteiger partial charge in [-0.2, -0.15) is 0 Å². The number of benzene rings is 1. The highest BCUT2D eigenvalue weighted by molar-refractivity contribution is 5.89. The van der Waals surface area contributed by atoms with Gasteiger partial charge in [0.15, 0.2) is 0 Å². The molecule has 4 heteroatoms. The number of hydrogen-bond acceptors (Lipinski definition) is 3. The third-order valence-corrected chi connectivity index (χ3v) is 3.43. The minimum absolute atomic E-state index is 0.0101. The Kier molecular flexibility index (Phi) is 3.65. The zero-order valence-corrected chi connectivity index (χ0v) is 10.3. The molecule has 18 heavy (non-hydrogen) atoms. The van der Waals surface area contributed by atoms with Crippen LogP contribution in [-0.2, 0) is 16.0 Å². The van der Waals surface area contributed by atoms with Crippen molar-refractivity contribution in [3.63, 3.8) is 0 Å². The normalized spacial score (nSPS) is 17.9. The first-order valence-corrected chi connectivity index (χ1v) is 6.04. The van der Waals surface area contributed by atoms with Crippen molar-refractivity contribution >= 4 is 11.9 Å². The molecule has 0 aliphatic heterocycles. The van der Waals surface area contributed by atoms with Gasteiger partial charge in [-0.1, -0.05) is 6.07 Å². The van der Waals surface area contributed by atoms with Gasteiger partial charge in [-0.05, 0) is 48.4 Å². The van der Waals surface area contributed by atoms with Crippen molar-refractivity contribution in [2.75, 3.05) is 7.11 Å². The smallest absolute Gasteiger partial charge is 0.337 e. The van der Waals surface area contributed by atoms with E-state index in [-0.39, 0.29) is 18.3 Å². The van der Waals surface area contributed by atoms with Gasteiger partial charge in [0.05, 0.1) is 19.1 Å². The molecule has 2 rings (SSSR count). The molecular formula is C14H16O4. The minimum Gasteiger partial charge on any atom is -0.481 e. The van der Waals surface area contributed by atoms with Crippen molar-refractivity contribution in [2.45, 2.75) is 31.6 Å². The fraction of sp³-hybridized carbons (Fsp3) is 0.429. The molecule has 0 spiro atoms. The van der Waals surface area contributed by atoms with Crippen molar-refractivity contribution in [1.82, 2.24) is 0 Å². The molecule has 1 N–H and O–H groups in total. The van der Waals surface area contributed by atoms with Crippen molar-refractivity contribution in [3.8, 4) is 0 Å². The molecule has 0 amide bonds. The number of carboxylic acid groups (broad SMARTS) is 1. The summed E-state index contributed by atoms with van der Waals surface area (Å²) in [6.07, 6.45) is 2.94. The zero-order valence-electron chi connectivity index (χ0n) is 10.3. The molecule has 0 saturated carbocycles. The highest BCUT2D eigenvalue weighted by atomic mass is 16.5. The first-order chi connectivity index (χ1) is 8.61. The lowest BCUT2D eigenvalue weighted by atomic mass is 9.80. The van der Waals surface area contributed by atoms with Gasteiger partial charge in [0.2, 0.25) is 0 Å². The lowest BCUT2D eigenvalue weighted by Crippen LogP contribution is -2.15. The minimum atomic E-state index is -0.795. The maximum atomic E-state index is 11.5. The number of ether oxygens (including phenoxy) is 1. The van der Waals surface area contributed by atoms with Gasteiger partial charge in [-0.3, -0.25) is 4.79 Å². The van der Waals surface area contributed by atoms with E-state index in [2.05, 4.69) is 4.74 Å². The van der Waals surface area contributed by atoms with Crippen LogP contribution in [0.4, 0.5) is 0 Å². The summed E-state index contributed by atoms with van der Waals surface area (Å²) in [6, 6.07) is 5.44. The van der Waals surface area contributed by atoms with Crippen LogP contribution in [0.3, 0.4) is 0 Å². The van der Waals surface area contributed by atoms with Crippen molar-refractivity contribution in [2.24, 2.45) is 0 Å². The van der Waals surface area contributed by atoms with Crippen LogP contribution < -0.4 is 0 Å². The number of esters is 1. The topological polar surface area (TPSA) is 63.6 Å². The first-order valence-electron chi connectivity index (χ1n) is 6.04. The Hall–Kier alpha value is -1.84. The molecule has 4 nitrogen and oxygen atoms in total. The Balaban J connectivity index is 2.34. The van der Waals surface area contributed by atoms with Crippen LogP contribution in [0, 0.1) is 0 Å². The summed E-state index contributed by atoms with van der Waals surface area (Å²) in [5.41, 5.74) is 2.64. The maximum absolute atomic E-state index is 11.5. The van der Waals surface area contributed by atoms with E-state index in [1.54, 1.807) is 12.1 Å². The van der Waals surface area contributed by atoms with Crippen molar-refractivity contribution in [3.05, 3.63) is 34.9 Å². The van der Waals surface area contributed by atoms with Gasteiger partial charge in [0, 0.05) is 0 Å². The van der Waals surface area contributed by atoms with E-state index in [1.807, 2.05) is 6.07 Å². The van der Waals surface area contributed by atoms with Gasteiger partial charge >= 0.3 is 11.9 Å². The third-order valence-electron chi connectivity index (χ3n) is 3.43. The fourth-order valence-corrected chi connectivity index (χ4v) is 2.56. The summed E-state index contributed by atoms with van der Waals surface area (Å²) in [7, 11) is 1.34. The van der Waals surface area contributed by atoms with Crippen molar-refractivity contribution < 1.29 is 19.4 Å². The molecular weight excluding hydrogens is 232 g/mol. The second-order valence-corrected chi connectivity index (χ2v) is 4.59. The second-order valence-electron chi connectivity index (χ2n) is 4.59. The molecule has 1 aliphatic rings. The molecule has 0 saturated heterocycles. The summed E-state index contributed by atoms with van der Waals surface area (Å²) in [5.74, 6) is -1.16. The summed E-state index contributed by atoms with van der Waals surface area (Å²) < 4.78 is 4.69. The number of carbonyl (C=O) groups excluding carboxylic acids is 1. The van der Waals surface area contributed by atoms with Gasteiger partial charge < -0.3 is 9.84 Å². The predicted octanol–water partition coefficient (Wildman–Crippen LogP) is 2.37. The number of carboxylic acids is 1. The van der Waals surface area contributed by atoms with Crippen LogP contribution in [0.5, 0.6) is 0 Å². The van der Waals surface area contributed by atoms with Crippen LogP contribution >= 0.6 is 0 Å². The predicted molar refractivity (Wildman–Crippen MR) is 65.7 cm³/mol. The van der Waals surface area contributed by atoms with E-state index in [0.29, 0.717) is 5.56 Å². The molecule has 0 radical (unpaired) electrons. The first kappa shape index (κ1) is 12.6. The third kappa shape index (κ3) is 2.53. The average molecular weight is 248 g/mol. The quantitative estimate of drug-likeness (QED) is 0.834. The number of fused-ring (bicyclic) bond motifs is 1.